The first-order chi connectivity index (χ1) is 17.4. The van der Waals surface area contributed by atoms with E-state index in [0.717, 1.165) is 17.8 Å². The largest absolute Gasteiger partial charge is 0.493 e. The molecule has 2 aromatic rings. The second kappa shape index (κ2) is 9.61. The molecular weight excluding hydrogens is 485 g/mol. The first kappa shape index (κ1) is 26.3. The molecule has 1 aliphatic heterocycles. The van der Waals surface area contributed by atoms with E-state index >= 15 is 0 Å². The Bertz CT molecular complexity index is 1320. The number of nitrogens with one attached hydrogen (secondary N) is 2. The molecule has 1 atom stereocenters. The summed E-state index contributed by atoms with van der Waals surface area (Å²) in [6.07, 6.45) is -3.67. The molecule has 37 heavy (non-hydrogen) atoms. The highest BCUT2D eigenvalue weighted by atomic mass is 19.4. The summed E-state index contributed by atoms with van der Waals surface area (Å²) in [5.74, 6) is -0.734. The number of Topliss-reactive ketones (excluding diaryl/α,β-unsaturated/α-hetero) is 1. The molecule has 1 aliphatic carbocycles. The lowest BCUT2D eigenvalue weighted by Crippen LogP contribution is -2.39. The Kier molecular flexibility index (Phi) is 6.83. The summed E-state index contributed by atoms with van der Waals surface area (Å²) < 4.78 is 50.9. The maximum atomic E-state index is 13.7. The predicted octanol–water partition coefficient (Wildman–Crippen LogP) is 5.97. The van der Waals surface area contributed by atoms with Crippen molar-refractivity contribution in [1.29, 1.82) is 0 Å². The fourth-order valence-corrected chi connectivity index (χ4v) is 5.16. The predicted molar refractivity (Wildman–Crippen MR) is 133 cm³/mol. The number of para-hydroxylation sites is 1. The molecular formula is C28H29F3N2O4. The molecule has 1 heterocycles. The number of carbonyl (C=O) groups is 2. The van der Waals surface area contributed by atoms with Gasteiger partial charge < -0.3 is 20.1 Å². The SMILES string of the molecule is COc1cccc([C@H]2C(C(=O)Nc3cccc(C(F)(F)F)c3)=C(C)NC3=C2C(=O)CC(C)(C)C3)c1OC. The van der Waals surface area contributed by atoms with Gasteiger partial charge in [0.05, 0.1) is 25.7 Å². The Balaban J connectivity index is 1.85. The van der Waals surface area contributed by atoms with Gasteiger partial charge >= 0.3 is 6.18 Å². The number of allylic oxidation sites excluding steroid dienone is 3. The van der Waals surface area contributed by atoms with Gasteiger partial charge in [0.1, 0.15) is 0 Å². The van der Waals surface area contributed by atoms with Gasteiger partial charge in [0, 0.05) is 40.2 Å². The third kappa shape index (κ3) is 5.08. The van der Waals surface area contributed by atoms with Crippen LogP contribution in [0.5, 0.6) is 11.5 Å². The van der Waals surface area contributed by atoms with E-state index in [-0.39, 0.29) is 28.9 Å². The fraction of sp³-hybridized carbons (Fsp3) is 0.357. The minimum absolute atomic E-state index is 0.00707. The van der Waals surface area contributed by atoms with Gasteiger partial charge in [-0.1, -0.05) is 32.0 Å². The first-order valence-corrected chi connectivity index (χ1v) is 11.8. The van der Waals surface area contributed by atoms with Crippen molar-refractivity contribution in [2.45, 2.75) is 45.7 Å². The van der Waals surface area contributed by atoms with Crippen molar-refractivity contribution in [1.82, 2.24) is 5.32 Å². The number of halogens is 3. The summed E-state index contributed by atoms with van der Waals surface area (Å²) >= 11 is 0. The van der Waals surface area contributed by atoms with Crippen LogP contribution in [0, 0.1) is 5.41 Å². The number of rotatable bonds is 5. The second-order valence-electron chi connectivity index (χ2n) is 10.0. The number of ether oxygens (including phenoxy) is 2. The maximum absolute atomic E-state index is 13.7. The van der Waals surface area contributed by atoms with E-state index < -0.39 is 23.6 Å². The second-order valence-corrected chi connectivity index (χ2v) is 10.0. The van der Waals surface area contributed by atoms with E-state index in [4.69, 9.17) is 9.47 Å². The lowest BCUT2D eigenvalue weighted by molar-refractivity contribution is -0.137. The Labute approximate surface area is 213 Å². The van der Waals surface area contributed by atoms with Gasteiger partial charge in [-0.15, -0.1) is 0 Å². The summed E-state index contributed by atoms with van der Waals surface area (Å²) in [6.45, 7) is 5.73. The van der Waals surface area contributed by atoms with Gasteiger partial charge in [-0.25, -0.2) is 0 Å². The van der Waals surface area contributed by atoms with Gasteiger partial charge in [-0.3, -0.25) is 9.59 Å². The van der Waals surface area contributed by atoms with Crippen LogP contribution in [0.1, 0.15) is 50.7 Å². The normalized spacial score (nSPS) is 19.2. The highest BCUT2D eigenvalue weighted by molar-refractivity contribution is 6.10. The van der Waals surface area contributed by atoms with Crippen molar-refractivity contribution in [3.8, 4) is 11.5 Å². The molecule has 0 saturated heterocycles. The van der Waals surface area contributed by atoms with Crippen molar-refractivity contribution < 1.29 is 32.2 Å². The van der Waals surface area contributed by atoms with Crippen LogP contribution in [0.15, 0.2) is 65.0 Å². The molecule has 196 valence electrons. The molecule has 0 spiro atoms. The Morgan fingerprint density at radius 1 is 1.08 bits per heavy atom. The minimum atomic E-state index is -4.56. The number of dihydropyridines is 1. The standard InChI is InChI=1S/C28H29F3N2O4/c1-15-22(26(35)33-17-9-6-8-16(12-17)28(29,30)31)23(18-10-7-11-21(36-4)25(18)37-5)24-19(32-15)13-27(2,3)14-20(24)34/h6-12,23,32H,13-14H2,1-5H3,(H,33,35)/t23-/m0/s1. The highest BCUT2D eigenvalue weighted by Gasteiger charge is 2.44. The monoisotopic (exact) mass is 514 g/mol. The zero-order valence-corrected chi connectivity index (χ0v) is 21.3. The first-order valence-electron chi connectivity index (χ1n) is 11.8. The van der Waals surface area contributed by atoms with Crippen LogP contribution in [-0.2, 0) is 15.8 Å². The summed E-state index contributed by atoms with van der Waals surface area (Å²) in [6, 6.07) is 9.65. The molecule has 1 amide bonds. The molecule has 0 radical (unpaired) electrons. The van der Waals surface area contributed by atoms with Gasteiger partial charge in [0.25, 0.3) is 5.91 Å². The lowest BCUT2D eigenvalue weighted by atomic mass is 9.68. The van der Waals surface area contributed by atoms with Crippen LogP contribution >= 0.6 is 0 Å². The average molecular weight is 515 g/mol. The van der Waals surface area contributed by atoms with Crippen molar-refractivity contribution in [2.24, 2.45) is 5.41 Å². The number of hydrogen-bond donors (Lipinski definition) is 2. The molecule has 0 saturated carbocycles. The zero-order valence-electron chi connectivity index (χ0n) is 21.3. The Morgan fingerprint density at radius 2 is 1.78 bits per heavy atom. The van der Waals surface area contributed by atoms with Crippen LogP contribution in [0.2, 0.25) is 0 Å². The lowest BCUT2D eigenvalue weighted by Gasteiger charge is -2.40. The van der Waals surface area contributed by atoms with E-state index in [1.165, 1.54) is 26.4 Å². The summed E-state index contributed by atoms with van der Waals surface area (Å²) in [5.41, 5.74) is 1.29. The van der Waals surface area contributed by atoms with Crippen molar-refractivity contribution >= 4 is 17.4 Å². The Hall–Kier alpha value is -3.75. The molecule has 2 N–H and O–H groups in total. The molecule has 0 unspecified atom stereocenters. The van der Waals surface area contributed by atoms with E-state index in [9.17, 15) is 22.8 Å². The van der Waals surface area contributed by atoms with Crippen LogP contribution in [0.3, 0.4) is 0 Å². The summed E-state index contributed by atoms with van der Waals surface area (Å²) in [7, 11) is 2.97. The zero-order chi connectivity index (χ0) is 27.1. The molecule has 0 bridgehead atoms. The van der Waals surface area contributed by atoms with Gasteiger partial charge in [0.15, 0.2) is 17.3 Å². The van der Waals surface area contributed by atoms with Crippen LogP contribution in [-0.4, -0.2) is 25.9 Å². The minimum Gasteiger partial charge on any atom is -0.493 e. The molecule has 2 aliphatic rings. The number of methoxy groups -OCH3 is 2. The van der Waals surface area contributed by atoms with E-state index in [2.05, 4.69) is 10.6 Å². The molecule has 2 aromatic carbocycles. The molecule has 0 fully saturated rings. The van der Waals surface area contributed by atoms with E-state index in [1.54, 1.807) is 25.1 Å². The van der Waals surface area contributed by atoms with Gasteiger partial charge in [-0.2, -0.15) is 13.2 Å². The van der Waals surface area contributed by atoms with Crippen molar-refractivity contribution in [3.05, 3.63) is 76.1 Å². The fourth-order valence-electron chi connectivity index (χ4n) is 5.16. The van der Waals surface area contributed by atoms with E-state index in [1.807, 2.05) is 13.8 Å². The third-order valence-corrected chi connectivity index (χ3v) is 6.68. The highest BCUT2D eigenvalue weighted by Crippen LogP contribution is 2.50. The number of hydrogen-bond acceptors (Lipinski definition) is 5. The number of benzene rings is 2. The molecule has 0 aromatic heterocycles. The summed E-state index contributed by atoms with van der Waals surface area (Å²) in [4.78, 5) is 27.2. The summed E-state index contributed by atoms with van der Waals surface area (Å²) in [5, 5.41) is 5.85. The third-order valence-electron chi connectivity index (χ3n) is 6.68. The molecule has 4 rings (SSSR count). The topological polar surface area (TPSA) is 76.7 Å². The maximum Gasteiger partial charge on any atom is 0.416 e. The number of amides is 1. The average Bonchev–Trinajstić information content (AvgIpc) is 2.81. The number of carbonyl (C=O) groups excluding carboxylic acids is 2. The quantitative estimate of drug-likeness (QED) is 0.515. The number of alkyl halides is 3. The molecule has 6 nitrogen and oxygen atoms in total. The van der Waals surface area contributed by atoms with Crippen LogP contribution in [0.4, 0.5) is 18.9 Å². The van der Waals surface area contributed by atoms with E-state index in [0.29, 0.717) is 34.8 Å². The van der Waals surface area contributed by atoms with Gasteiger partial charge in [0.2, 0.25) is 0 Å². The van der Waals surface area contributed by atoms with Crippen LogP contribution < -0.4 is 20.1 Å². The van der Waals surface area contributed by atoms with Crippen molar-refractivity contribution in [3.63, 3.8) is 0 Å². The van der Waals surface area contributed by atoms with Crippen molar-refractivity contribution in [2.75, 3.05) is 19.5 Å². The molecule has 9 heteroatoms. The Morgan fingerprint density at radius 3 is 2.43 bits per heavy atom. The number of ketones is 1. The van der Waals surface area contributed by atoms with Crippen LogP contribution in [0.25, 0.3) is 0 Å². The number of anilines is 1. The smallest absolute Gasteiger partial charge is 0.416 e. The van der Waals surface area contributed by atoms with Gasteiger partial charge in [-0.05, 0) is 43.0 Å².